The Morgan fingerprint density at radius 1 is 0.947 bits per heavy atom. The molecule has 3 heterocycles. The van der Waals surface area contributed by atoms with Gasteiger partial charge in [-0.2, -0.15) is 5.10 Å². The number of piperidine rings is 1. The lowest BCUT2D eigenvalue weighted by atomic mass is 9.22. The van der Waals surface area contributed by atoms with Crippen LogP contribution in [-0.4, -0.2) is 77.4 Å². The van der Waals surface area contributed by atoms with Crippen molar-refractivity contribution in [3.8, 4) is 11.1 Å². The second-order valence-electron chi connectivity index (χ2n) is 14.1. The zero-order chi connectivity index (χ0) is 28.1. The Balaban J connectivity index is 1.45. The Hall–Kier alpha value is -2.34. The fraction of sp³-hybridized carbons (Fsp3) is 0.500. The van der Waals surface area contributed by atoms with E-state index in [2.05, 4.69) is 118 Å². The van der Waals surface area contributed by atoms with Gasteiger partial charge < -0.3 is 10.2 Å². The summed E-state index contributed by atoms with van der Waals surface area (Å²) in [5.74, 6) is 1.30. The van der Waals surface area contributed by atoms with E-state index in [1.807, 2.05) is 30.3 Å². The smallest absolute Gasteiger partial charge is 0.130 e. The van der Waals surface area contributed by atoms with E-state index in [0.717, 1.165) is 59.3 Å². The number of hydrogen-bond acceptors (Lipinski definition) is 4. The molecule has 1 saturated heterocycles. The number of fused-ring (bicyclic) bond motifs is 1. The highest BCUT2D eigenvalue weighted by atomic mass is 15.2. The number of allylic oxidation sites excluding steroid dienone is 1. The second-order valence-corrected chi connectivity index (χ2v) is 14.1. The molecule has 1 N–H and O–H groups in total. The van der Waals surface area contributed by atoms with Gasteiger partial charge in [-0.1, -0.05) is 62.2 Å². The first-order valence-electron chi connectivity index (χ1n) is 14.1. The van der Waals surface area contributed by atoms with Crippen molar-refractivity contribution in [1.29, 1.82) is 0 Å². The Bertz CT molecular complexity index is 1300. The fourth-order valence-electron chi connectivity index (χ4n) is 7.29. The molecule has 0 radical (unpaired) electrons. The number of likely N-dealkylation sites (tertiary alicyclic amines) is 1. The number of pyridine rings is 1. The van der Waals surface area contributed by atoms with Crippen molar-refractivity contribution in [1.82, 2.24) is 19.7 Å². The van der Waals surface area contributed by atoms with Crippen LogP contribution < -0.4 is 5.32 Å². The molecule has 196 valence electrons. The molecule has 5 nitrogen and oxygen atoms in total. The van der Waals surface area contributed by atoms with Crippen LogP contribution >= 0.6 is 0 Å². The molecule has 2 unspecified atom stereocenters. The van der Waals surface area contributed by atoms with Gasteiger partial charge in [-0.25, -0.2) is 4.98 Å². The van der Waals surface area contributed by atoms with Crippen molar-refractivity contribution < 1.29 is 0 Å². The number of nitrogens with one attached hydrogen (secondary N) is 1. The first kappa shape index (κ1) is 28.7. The normalized spacial score (nSPS) is 19.1. The monoisotopic (exact) mass is 505 g/mol. The Kier molecular flexibility index (Phi) is 7.55. The molecule has 38 heavy (non-hydrogen) atoms. The van der Waals surface area contributed by atoms with Crippen molar-refractivity contribution in [3.63, 3.8) is 0 Å². The largest absolute Gasteiger partial charge is 0.344 e. The second kappa shape index (κ2) is 10.0. The van der Waals surface area contributed by atoms with Crippen LogP contribution in [-0.2, 0) is 7.05 Å². The zero-order valence-corrected chi connectivity index (χ0v) is 25.4. The minimum absolute atomic E-state index is 0.0646. The minimum Gasteiger partial charge on any atom is -0.344 e. The van der Waals surface area contributed by atoms with E-state index >= 15 is 0 Å². The molecule has 1 aliphatic heterocycles. The highest BCUT2D eigenvalue weighted by molar-refractivity contribution is 6.48. The maximum Gasteiger partial charge on any atom is 0.130 e. The van der Waals surface area contributed by atoms with Crippen LogP contribution in [0.4, 0.5) is 5.82 Å². The number of aryl methyl sites for hydroxylation is 1. The average Bonchev–Trinajstić information content (AvgIpc) is 3.28. The summed E-state index contributed by atoms with van der Waals surface area (Å²) in [5, 5.41) is 10.6. The van der Waals surface area contributed by atoms with Crippen LogP contribution in [0.5, 0.6) is 0 Å². The summed E-state index contributed by atoms with van der Waals surface area (Å²) in [6.45, 7) is 16.3. The number of rotatable bonds is 8. The zero-order valence-electron chi connectivity index (χ0n) is 25.4. The van der Waals surface area contributed by atoms with Gasteiger partial charge in [-0.15, -0.1) is 0 Å². The predicted octanol–water partition coefficient (Wildman–Crippen LogP) is 1.65. The van der Waals surface area contributed by atoms with Crippen LogP contribution in [0.3, 0.4) is 0 Å². The lowest BCUT2D eigenvalue weighted by Gasteiger charge is -2.65. The van der Waals surface area contributed by atoms with Crippen molar-refractivity contribution in [2.24, 2.45) is 13.0 Å². The van der Waals surface area contributed by atoms with Gasteiger partial charge in [0.2, 0.25) is 0 Å². The van der Waals surface area contributed by atoms with Gasteiger partial charge in [0.1, 0.15) is 29.4 Å². The standard InChI is InChI=1S/C28H44B5N5/c1-18(19-9-11-38(12-10-19)27(5,32)28(33,25(2,3)29)26(4,30)31)36-24-14-22-13-20(7-8-21(22)15-34-24)23-16-35-37(6)17-23/h7-8,13-17,19H,1,9-12,29-33H2,2-6H3,(H,34,36). The minimum atomic E-state index is 0.0646. The third-order valence-corrected chi connectivity index (χ3v) is 10.1. The molecule has 1 fully saturated rings. The summed E-state index contributed by atoms with van der Waals surface area (Å²) in [7, 11) is 14.2. The van der Waals surface area contributed by atoms with Crippen LogP contribution in [0, 0.1) is 5.92 Å². The maximum atomic E-state index is 4.69. The molecule has 0 bridgehead atoms. The quantitative estimate of drug-likeness (QED) is 0.474. The summed E-state index contributed by atoms with van der Waals surface area (Å²) in [6.07, 6.45) is 8.12. The molecular formula is C28H44B5N5. The summed E-state index contributed by atoms with van der Waals surface area (Å²) in [6, 6.07) is 8.61. The molecule has 0 saturated carbocycles. The Morgan fingerprint density at radius 2 is 1.61 bits per heavy atom. The van der Waals surface area contributed by atoms with Gasteiger partial charge in [0.25, 0.3) is 0 Å². The van der Waals surface area contributed by atoms with Gasteiger partial charge >= 0.3 is 0 Å². The van der Waals surface area contributed by atoms with E-state index in [1.165, 1.54) is 0 Å². The van der Waals surface area contributed by atoms with Crippen LogP contribution in [0.1, 0.15) is 40.5 Å². The van der Waals surface area contributed by atoms with Crippen LogP contribution in [0.25, 0.3) is 21.9 Å². The summed E-state index contributed by atoms with van der Waals surface area (Å²) >= 11 is 0. The number of nitrogens with zero attached hydrogens (tertiary/aromatic N) is 4. The molecule has 0 amide bonds. The van der Waals surface area contributed by atoms with Crippen molar-refractivity contribution in [3.05, 3.63) is 55.1 Å². The third kappa shape index (κ3) is 5.13. The summed E-state index contributed by atoms with van der Waals surface area (Å²) < 4.78 is 1.84. The van der Waals surface area contributed by atoms with Gasteiger partial charge in [0.15, 0.2) is 0 Å². The fourth-order valence-corrected chi connectivity index (χ4v) is 7.29. The van der Waals surface area contributed by atoms with E-state index in [0.29, 0.717) is 5.92 Å². The highest BCUT2D eigenvalue weighted by Gasteiger charge is 2.56. The maximum absolute atomic E-state index is 4.69. The van der Waals surface area contributed by atoms with Gasteiger partial charge in [-0.3, -0.25) is 4.68 Å². The van der Waals surface area contributed by atoms with Gasteiger partial charge in [0.05, 0.1) is 21.9 Å². The third-order valence-electron chi connectivity index (χ3n) is 10.1. The van der Waals surface area contributed by atoms with E-state index in [4.69, 9.17) is 0 Å². The molecule has 4 rings (SSSR count). The van der Waals surface area contributed by atoms with E-state index < -0.39 is 0 Å². The van der Waals surface area contributed by atoms with Gasteiger partial charge in [0, 0.05) is 42.0 Å². The number of benzene rings is 1. The Labute approximate surface area is 234 Å². The average molecular weight is 505 g/mol. The molecule has 2 aromatic heterocycles. The van der Waals surface area contributed by atoms with Crippen LogP contribution in [0.15, 0.2) is 55.1 Å². The van der Waals surface area contributed by atoms with E-state index in [9.17, 15) is 0 Å². The lowest BCUT2D eigenvalue weighted by Crippen LogP contribution is -2.64. The molecule has 1 aliphatic rings. The highest BCUT2D eigenvalue weighted by Crippen LogP contribution is 2.66. The van der Waals surface area contributed by atoms with E-state index in [-0.39, 0.29) is 21.3 Å². The lowest BCUT2D eigenvalue weighted by molar-refractivity contribution is 0.0701. The first-order valence-corrected chi connectivity index (χ1v) is 14.1. The van der Waals surface area contributed by atoms with Crippen LogP contribution in [0.2, 0.25) is 15.8 Å². The molecule has 2 atom stereocenters. The topological polar surface area (TPSA) is 46.0 Å². The SMILES string of the molecule is BC(B)(C)C(B)(C(B)(C)C)C(B)(C)N1CCC(C(=C)Nc2cc3cc(-c4cnn(C)c4)ccc3cn2)CC1. The molecule has 10 heteroatoms. The Morgan fingerprint density at radius 3 is 2.16 bits per heavy atom. The molecule has 0 aliphatic carbocycles. The van der Waals surface area contributed by atoms with Crippen molar-refractivity contribution in [2.45, 2.75) is 61.8 Å². The molecule has 1 aromatic carbocycles. The summed E-state index contributed by atoms with van der Waals surface area (Å²) in [4.78, 5) is 7.43. The van der Waals surface area contributed by atoms with E-state index in [1.54, 1.807) is 0 Å². The van der Waals surface area contributed by atoms with Gasteiger partial charge in [-0.05, 0) is 54.5 Å². The molecular weight excluding hydrogens is 460 g/mol. The summed E-state index contributed by atoms with van der Waals surface area (Å²) in [5.41, 5.74) is 3.42. The van der Waals surface area contributed by atoms with Crippen molar-refractivity contribution in [2.75, 3.05) is 18.4 Å². The first-order chi connectivity index (χ1) is 17.5. The number of aromatic nitrogens is 3. The molecule has 3 aromatic rings. The number of hydrogen-bond donors (Lipinski definition) is 1. The number of anilines is 1. The molecule has 0 spiro atoms. The van der Waals surface area contributed by atoms with Crippen molar-refractivity contribution >= 4 is 55.8 Å². The predicted molar refractivity (Wildman–Crippen MR) is 177 cm³/mol.